The van der Waals surface area contributed by atoms with Gasteiger partial charge in [0.1, 0.15) is 0 Å². The number of hydrogen-bond donors (Lipinski definition) is 0. The van der Waals surface area contributed by atoms with Gasteiger partial charge in [0.05, 0.1) is 13.2 Å². The van der Waals surface area contributed by atoms with Crippen LogP contribution < -0.4 is 0 Å². The first-order chi connectivity index (χ1) is 8.57. The maximum Gasteiger partial charge on any atom is 0.338 e. The van der Waals surface area contributed by atoms with Crippen LogP contribution in [0.3, 0.4) is 0 Å². The van der Waals surface area contributed by atoms with Gasteiger partial charge >= 0.3 is 11.9 Å². The lowest BCUT2D eigenvalue weighted by atomic mass is 9.99. The summed E-state index contributed by atoms with van der Waals surface area (Å²) < 4.78 is 8.52. The molecule has 0 amide bonds. The van der Waals surface area contributed by atoms with Crippen LogP contribution in [-0.4, -0.2) is 25.2 Å². The highest BCUT2D eigenvalue weighted by molar-refractivity contribution is 14.1. The highest BCUT2D eigenvalue weighted by Crippen LogP contribution is 2.35. The molecule has 0 saturated heterocycles. The molecular weight excluding hydrogens is 347 g/mol. The van der Waals surface area contributed by atoms with E-state index in [0.29, 0.717) is 5.56 Å². The van der Waals surface area contributed by atoms with Crippen molar-refractivity contribution in [3.8, 4) is 0 Å². The van der Waals surface area contributed by atoms with Crippen LogP contribution in [0.15, 0.2) is 30.3 Å². The summed E-state index contributed by atoms with van der Waals surface area (Å²) >= 11 is 1.79. The van der Waals surface area contributed by atoms with Gasteiger partial charge in [0, 0.05) is 0 Å². The van der Waals surface area contributed by atoms with E-state index in [1.807, 2.05) is 6.07 Å². The molecular formula is C13H15IO4. The maximum atomic E-state index is 12.1. The monoisotopic (exact) mass is 362 g/mol. The molecule has 0 spiro atoms. The lowest BCUT2D eigenvalue weighted by Gasteiger charge is -2.23. The molecule has 0 aliphatic carbocycles. The highest BCUT2D eigenvalue weighted by atomic mass is 127. The molecule has 0 bridgehead atoms. The Kier molecular flexibility index (Phi) is 5.58. The first-order valence-corrected chi connectivity index (χ1v) is 6.74. The zero-order valence-electron chi connectivity index (χ0n) is 10.3. The Bertz CT molecular complexity index is 398. The summed E-state index contributed by atoms with van der Waals surface area (Å²) in [6, 6.07) is 8.76. The lowest BCUT2D eigenvalue weighted by molar-refractivity contribution is -0.158. The van der Waals surface area contributed by atoms with E-state index in [2.05, 4.69) is 0 Å². The summed E-state index contributed by atoms with van der Waals surface area (Å²) in [6.07, 6.45) is 0. The van der Waals surface area contributed by atoms with Gasteiger partial charge in [-0.2, -0.15) is 0 Å². The molecule has 0 atom stereocenters. The quantitative estimate of drug-likeness (QED) is 0.350. The highest BCUT2D eigenvalue weighted by Gasteiger charge is 2.48. The molecule has 0 fully saturated rings. The maximum absolute atomic E-state index is 12.1. The first kappa shape index (κ1) is 14.9. The van der Waals surface area contributed by atoms with E-state index < -0.39 is 15.4 Å². The van der Waals surface area contributed by atoms with Crippen molar-refractivity contribution < 1.29 is 19.1 Å². The summed E-state index contributed by atoms with van der Waals surface area (Å²) in [7, 11) is 0. The average molecular weight is 362 g/mol. The van der Waals surface area contributed by atoms with Gasteiger partial charge in [-0.25, -0.2) is 9.59 Å². The van der Waals surface area contributed by atoms with Crippen LogP contribution >= 0.6 is 22.6 Å². The Labute approximate surface area is 120 Å². The molecule has 0 aliphatic rings. The Hall–Kier alpha value is -1.11. The summed E-state index contributed by atoms with van der Waals surface area (Å²) in [6.45, 7) is 3.84. The molecule has 1 rings (SSSR count). The second-order valence-electron chi connectivity index (χ2n) is 3.47. The second-order valence-corrected chi connectivity index (χ2v) is 5.08. The minimum Gasteiger partial charge on any atom is -0.464 e. The molecule has 0 aromatic heterocycles. The van der Waals surface area contributed by atoms with E-state index in [1.165, 1.54) is 0 Å². The summed E-state index contributed by atoms with van der Waals surface area (Å²) in [4.78, 5) is 24.1. The average Bonchev–Trinajstić information content (AvgIpc) is 2.39. The Morgan fingerprint density at radius 3 is 1.89 bits per heavy atom. The van der Waals surface area contributed by atoms with Gasteiger partial charge in [0.25, 0.3) is 0 Å². The number of alkyl halides is 1. The molecule has 98 valence electrons. The van der Waals surface area contributed by atoms with Crippen LogP contribution in [0.1, 0.15) is 19.4 Å². The smallest absolute Gasteiger partial charge is 0.338 e. The van der Waals surface area contributed by atoms with Crippen molar-refractivity contribution >= 4 is 34.5 Å². The summed E-state index contributed by atoms with van der Waals surface area (Å²) in [5.41, 5.74) is 0.558. The third-order valence-corrected chi connectivity index (χ3v) is 3.79. The van der Waals surface area contributed by atoms with Crippen molar-refractivity contribution in [1.29, 1.82) is 0 Å². The number of rotatable bonds is 5. The topological polar surface area (TPSA) is 52.6 Å². The molecule has 0 aliphatic heterocycles. The van der Waals surface area contributed by atoms with Crippen LogP contribution in [0.4, 0.5) is 0 Å². The van der Waals surface area contributed by atoms with Crippen LogP contribution in [0.25, 0.3) is 0 Å². The van der Waals surface area contributed by atoms with Crippen molar-refractivity contribution in [2.75, 3.05) is 13.2 Å². The molecule has 1 aromatic rings. The zero-order valence-corrected chi connectivity index (χ0v) is 12.5. The fourth-order valence-corrected chi connectivity index (χ4v) is 2.12. The minimum absolute atomic E-state index is 0.218. The van der Waals surface area contributed by atoms with Crippen molar-refractivity contribution in [3.05, 3.63) is 35.9 Å². The SMILES string of the molecule is CCOC(=O)C(I)(C(=O)OCC)c1ccccc1. The summed E-state index contributed by atoms with van der Waals surface area (Å²) in [5, 5.41) is 0. The molecule has 0 saturated carbocycles. The molecule has 1 aromatic carbocycles. The van der Waals surface area contributed by atoms with Gasteiger partial charge < -0.3 is 9.47 Å². The fourth-order valence-electron chi connectivity index (χ4n) is 1.45. The van der Waals surface area contributed by atoms with Crippen LogP contribution in [0.5, 0.6) is 0 Å². The molecule has 0 unspecified atom stereocenters. The number of ether oxygens (including phenoxy) is 2. The van der Waals surface area contributed by atoms with Gasteiger partial charge in [-0.1, -0.05) is 30.3 Å². The predicted octanol–water partition coefficient (Wildman–Crippen LogP) is 2.44. The molecule has 0 N–H and O–H groups in total. The molecule has 0 heterocycles. The van der Waals surface area contributed by atoms with Gasteiger partial charge in [0.15, 0.2) is 0 Å². The second kappa shape index (κ2) is 6.72. The van der Waals surface area contributed by atoms with Crippen LogP contribution in [-0.2, 0) is 22.5 Å². The van der Waals surface area contributed by atoms with Crippen molar-refractivity contribution in [2.24, 2.45) is 0 Å². The van der Waals surface area contributed by atoms with Crippen molar-refractivity contribution in [1.82, 2.24) is 0 Å². The summed E-state index contributed by atoms with van der Waals surface area (Å²) in [5.74, 6) is -1.20. The van der Waals surface area contributed by atoms with Gasteiger partial charge in [-0.3, -0.25) is 0 Å². The first-order valence-electron chi connectivity index (χ1n) is 5.66. The number of carbonyl (C=O) groups excluding carboxylic acids is 2. The van der Waals surface area contributed by atoms with E-state index in [4.69, 9.17) is 9.47 Å². The zero-order chi connectivity index (χ0) is 13.6. The number of hydrogen-bond acceptors (Lipinski definition) is 4. The van der Waals surface area contributed by atoms with Crippen molar-refractivity contribution in [2.45, 2.75) is 17.3 Å². The largest absolute Gasteiger partial charge is 0.464 e. The molecule has 18 heavy (non-hydrogen) atoms. The third kappa shape index (κ3) is 3.01. The van der Waals surface area contributed by atoms with E-state index >= 15 is 0 Å². The predicted molar refractivity (Wildman–Crippen MR) is 75.4 cm³/mol. The minimum atomic E-state index is -1.44. The van der Waals surface area contributed by atoms with Gasteiger partial charge in [0.2, 0.25) is 3.42 Å². The van der Waals surface area contributed by atoms with E-state index in [-0.39, 0.29) is 13.2 Å². The Morgan fingerprint density at radius 2 is 1.50 bits per heavy atom. The number of carbonyl (C=O) groups is 2. The standard InChI is InChI=1S/C13H15IO4/c1-3-17-11(15)13(14,12(16)18-4-2)10-8-6-5-7-9-10/h5-9H,3-4H2,1-2H3. The fraction of sp³-hybridized carbons (Fsp3) is 0.385. The van der Waals surface area contributed by atoms with Gasteiger partial charge in [-0.15, -0.1) is 0 Å². The number of benzene rings is 1. The molecule has 4 nitrogen and oxygen atoms in total. The lowest BCUT2D eigenvalue weighted by Crippen LogP contribution is -2.40. The number of halogens is 1. The molecule has 0 radical (unpaired) electrons. The van der Waals surface area contributed by atoms with E-state index in [1.54, 1.807) is 60.7 Å². The Balaban J connectivity index is 3.17. The van der Waals surface area contributed by atoms with Gasteiger partial charge in [-0.05, 0) is 42.0 Å². The Morgan fingerprint density at radius 1 is 1.06 bits per heavy atom. The number of esters is 2. The van der Waals surface area contributed by atoms with E-state index in [0.717, 1.165) is 0 Å². The van der Waals surface area contributed by atoms with Crippen LogP contribution in [0.2, 0.25) is 0 Å². The van der Waals surface area contributed by atoms with E-state index in [9.17, 15) is 9.59 Å². The van der Waals surface area contributed by atoms with Crippen molar-refractivity contribution in [3.63, 3.8) is 0 Å². The van der Waals surface area contributed by atoms with Crippen LogP contribution in [0, 0.1) is 0 Å². The normalized spacial score (nSPS) is 10.8. The third-order valence-electron chi connectivity index (χ3n) is 2.28. The molecule has 5 heteroatoms.